The number of aromatic nitrogens is 4. The Labute approximate surface area is 131 Å². The quantitative estimate of drug-likeness (QED) is 0.755. The molecule has 6 nitrogen and oxygen atoms in total. The summed E-state index contributed by atoms with van der Waals surface area (Å²) in [6.07, 6.45) is 1.89. The molecule has 2 rings (SSSR count). The Morgan fingerprint density at radius 2 is 1.36 bits per heavy atom. The van der Waals surface area contributed by atoms with Crippen LogP contribution < -0.4 is 0 Å². The lowest BCUT2D eigenvalue weighted by atomic mass is 9.98. The summed E-state index contributed by atoms with van der Waals surface area (Å²) in [5, 5.41) is 12.3. The third-order valence-electron chi connectivity index (χ3n) is 3.80. The average molecular weight is 306 g/mol. The highest BCUT2D eigenvalue weighted by Crippen LogP contribution is 2.27. The van der Waals surface area contributed by atoms with Crippen molar-refractivity contribution in [3.63, 3.8) is 0 Å². The molecule has 0 N–H and O–H groups in total. The molecule has 2 unspecified atom stereocenters. The largest absolute Gasteiger partial charge is 0.425 e. The molecule has 22 heavy (non-hydrogen) atoms. The molecule has 0 saturated carbocycles. The molecule has 2 aromatic heterocycles. The van der Waals surface area contributed by atoms with Gasteiger partial charge in [0, 0.05) is 23.7 Å². The second-order valence-electron chi connectivity index (χ2n) is 6.66. The van der Waals surface area contributed by atoms with Crippen LogP contribution in [0.2, 0.25) is 0 Å². The smallest absolute Gasteiger partial charge is 0.229 e. The topological polar surface area (TPSA) is 77.8 Å². The van der Waals surface area contributed by atoms with Crippen LogP contribution in [0.3, 0.4) is 0 Å². The normalized spacial score (nSPS) is 14.7. The van der Waals surface area contributed by atoms with E-state index in [1.807, 2.05) is 13.8 Å². The first-order valence-electron chi connectivity index (χ1n) is 8.05. The second-order valence-corrected chi connectivity index (χ2v) is 6.66. The first kappa shape index (κ1) is 16.6. The Bertz CT molecular complexity index is 536. The first-order chi connectivity index (χ1) is 10.4. The molecule has 2 heterocycles. The summed E-state index contributed by atoms with van der Waals surface area (Å²) in [5.41, 5.74) is 0. The van der Waals surface area contributed by atoms with E-state index in [2.05, 4.69) is 48.0 Å². The Kier molecular flexibility index (Phi) is 5.32. The van der Waals surface area contributed by atoms with Crippen molar-refractivity contribution in [3.05, 3.63) is 23.5 Å². The summed E-state index contributed by atoms with van der Waals surface area (Å²) < 4.78 is 11.1. The molecule has 2 atom stereocenters. The van der Waals surface area contributed by atoms with Crippen molar-refractivity contribution < 1.29 is 8.94 Å². The SMILES string of the molecule is CC(C)c1noc(C(C)CCC(C)c2nnc(C(C)C)o2)n1. The van der Waals surface area contributed by atoms with Gasteiger partial charge in [-0.25, -0.2) is 0 Å². The van der Waals surface area contributed by atoms with E-state index in [4.69, 9.17) is 8.94 Å². The van der Waals surface area contributed by atoms with Crippen LogP contribution in [0, 0.1) is 0 Å². The van der Waals surface area contributed by atoms with Gasteiger partial charge in [-0.3, -0.25) is 0 Å². The van der Waals surface area contributed by atoms with Crippen LogP contribution in [0.5, 0.6) is 0 Å². The third kappa shape index (κ3) is 3.93. The van der Waals surface area contributed by atoms with E-state index in [9.17, 15) is 0 Å². The minimum absolute atomic E-state index is 0.231. The van der Waals surface area contributed by atoms with Crippen molar-refractivity contribution in [1.82, 2.24) is 20.3 Å². The van der Waals surface area contributed by atoms with Crippen LogP contribution in [0.15, 0.2) is 8.94 Å². The van der Waals surface area contributed by atoms with E-state index < -0.39 is 0 Å². The number of rotatable bonds is 7. The van der Waals surface area contributed by atoms with Crippen LogP contribution in [0.1, 0.15) is 102 Å². The number of hydrogen-bond acceptors (Lipinski definition) is 6. The van der Waals surface area contributed by atoms with Gasteiger partial charge in [0.2, 0.25) is 17.7 Å². The summed E-state index contributed by atoms with van der Waals surface area (Å²) >= 11 is 0. The molecule has 0 aliphatic rings. The maximum atomic E-state index is 5.71. The maximum absolute atomic E-state index is 5.71. The van der Waals surface area contributed by atoms with Crippen molar-refractivity contribution in [2.24, 2.45) is 0 Å². The van der Waals surface area contributed by atoms with Crippen molar-refractivity contribution >= 4 is 0 Å². The van der Waals surface area contributed by atoms with Crippen LogP contribution in [0.25, 0.3) is 0 Å². The summed E-state index contributed by atoms with van der Waals surface area (Å²) in [6.45, 7) is 12.4. The standard InChI is InChI=1S/C16H26N4O2/c1-9(2)13-17-15(22-20-13)11(5)7-8-12(6)16-19-18-14(21-16)10(3)4/h9-12H,7-8H2,1-6H3. The average Bonchev–Trinajstić information content (AvgIpc) is 3.12. The van der Waals surface area contributed by atoms with Crippen LogP contribution in [0.4, 0.5) is 0 Å². The van der Waals surface area contributed by atoms with Gasteiger partial charge in [0.1, 0.15) is 0 Å². The van der Waals surface area contributed by atoms with Crippen molar-refractivity contribution in [3.8, 4) is 0 Å². The van der Waals surface area contributed by atoms with Crippen molar-refractivity contribution in [2.75, 3.05) is 0 Å². The highest BCUT2D eigenvalue weighted by Gasteiger charge is 2.20. The minimum atomic E-state index is 0.231. The van der Waals surface area contributed by atoms with Gasteiger partial charge in [-0.15, -0.1) is 10.2 Å². The Morgan fingerprint density at radius 3 is 1.86 bits per heavy atom. The summed E-state index contributed by atoms with van der Waals surface area (Å²) in [6, 6.07) is 0. The first-order valence-corrected chi connectivity index (χ1v) is 8.05. The molecule has 0 aromatic carbocycles. The molecular weight excluding hydrogens is 280 g/mol. The number of nitrogens with zero attached hydrogens (tertiary/aromatic N) is 4. The zero-order valence-corrected chi connectivity index (χ0v) is 14.3. The van der Waals surface area contributed by atoms with Gasteiger partial charge in [0.05, 0.1) is 0 Å². The summed E-state index contributed by atoms with van der Waals surface area (Å²) in [7, 11) is 0. The fraction of sp³-hybridized carbons (Fsp3) is 0.750. The van der Waals surface area contributed by atoms with Crippen LogP contribution in [-0.2, 0) is 0 Å². The second kappa shape index (κ2) is 7.03. The van der Waals surface area contributed by atoms with Gasteiger partial charge in [-0.2, -0.15) is 4.98 Å². The van der Waals surface area contributed by atoms with E-state index in [0.717, 1.165) is 18.7 Å². The summed E-state index contributed by atoms with van der Waals surface area (Å²) in [5.74, 6) is 3.91. The van der Waals surface area contributed by atoms with E-state index in [1.165, 1.54) is 0 Å². The minimum Gasteiger partial charge on any atom is -0.425 e. The fourth-order valence-corrected chi connectivity index (χ4v) is 2.11. The van der Waals surface area contributed by atoms with Gasteiger partial charge in [0.15, 0.2) is 5.82 Å². The summed E-state index contributed by atoms with van der Waals surface area (Å²) in [4.78, 5) is 4.46. The Morgan fingerprint density at radius 1 is 0.773 bits per heavy atom. The number of hydrogen-bond donors (Lipinski definition) is 0. The van der Waals surface area contributed by atoms with Gasteiger partial charge >= 0.3 is 0 Å². The molecule has 0 bridgehead atoms. The van der Waals surface area contributed by atoms with Crippen LogP contribution in [-0.4, -0.2) is 20.3 Å². The molecule has 0 aliphatic carbocycles. The Balaban J connectivity index is 1.90. The van der Waals surface area contributed by atoms with E-state index in [0.29, 0.717) is 17.7 Å². The molecule has 0 aliphatic heterocycles. The van der Waals surface area contributed by atoms with Gasteiger partial charge < -0.3 is 8.94 Å². The molecule has 6 heteroatoms. The maximum Gasteiger partial charge on any atom is 0.229 e. The lowest BCUT2D eigenvalue weighted by molar-refractivity contribution is 0.338. The van der Waals surface area contributed by atoms with E-state index in [-0.39, 0.29) is 23.7 Å². The lowest BCUT2D eigenvalue weighted by Crippen LogP contribution is -2.00. The predicted molar refractivity (Wildman–Crippen MR) is 82.8 cm³/mol. The highest BCUT2D eigenvalue weighted by molar-refractivity contribution is 4.97. The molecule has 122 valence electrons. The third-order valence-corrected chi connectivity index (χ3v) is 3.80. The monoisotopic (exact) mass is 306 g/mol. The molecule has 0 saturated heterocycles. The zero-order chi connectivity index (χ0) is 16.3. The lowest BCUT2D eigenvalue weighted by Gasteiger charge is -2.09. The molecule has 0 amide bonds. The molecule has 2 aromatic rings. The predicted octanol–water partition coefficient (Wildman–Crippen LogP) is 4.39. The van der Waals surface area contributed by atoms with Crippen molar-refractivity contribution in [2.45, 2.75) is 78.1 Å². The molecule has 0 spiro atoms. The van der Waals surface area contributed by atoms with Crippen LogP contribution >= 0.6 is 0 Å². The fourth-order valence-electron chi connectivity index (χ4n) is 2.11. The van der Waals surface area contributed by atoms with Gasteiger partial charge in [-0.05, 0) is 12.8 Å². The van der Waals surface area contributed by atoms with Gasteiger partial charge in [-0.1, -0.05) is 46.7 Å². The highest BCUT2D eigenvalue weighted by atomic mass is 16.5. The van der Waals surface area contributed by atoms with Crippen molar-refractivity contribution in [1.29, 1.82) is 0 Å². The molecular formula is C16H26N4O2. The molecule has 0 fully saturated rings. The van der Waals surface area contributed by atoms with E-state index in [1.54, 1.807) is 0 Å². The van der Waals surface area contributed by atoms with Gasteiger partial charge in [0.25, 0.3) is 0 Å². The zero-order valence-electron chi connectivity index (χ0n) is 14.3. The molecule has 0 radical (unpaired) electrons. The Hall–Kier alpha value is -1.72. The van der Waals surface area contributed by atoms with E-state index >= 15 is 0 Å².